The Balaban J connectivity index is 1.60. The molecule has 9 nitrogen and oxygen atoms in total. The predicted octanol–water partition coefficient (Wildman–Crippen LogP) is 3.07. The van der Waals surface area contributed by atoms with E-state index in [0.717, 1.165) is 28.1 Å². The van der Waals surface area contributed by atoms with E-state index in [9.17, 15) is 29.7 Å². The maximum Gasteiger partial charge on any atom is 0.326 e. The summed E-state index contributed by atoms with van der Waals surface area (Å²) in [5.74, 6) is -3.07. The third kappa shape index (κ3) is 5.90. The highest BCUT2D eigenvalue weighted by Gasteiger charge is 2.32. The lowest BCUT2D eigenvalue weighted by Crippen LogP contribution is -2.53. The normalized spacial score (nSPS) is 12.6. The molecule has 4 aromatic rings. The van der Waals surface area contributed by atoms with Crippen molar-refractivity contribution in [3.8, 4) is 11.5 Å². The standard InChI is InChI=1S/C28H27N3O6/c1-31(27(35)18-12-20(32)15-21(33)13-18)25(11-17-7-3-2-4-8-17)26(34)30-24(28(36)37)14-19-16-29-23-10-6-5-9-22(19)23/h2-10,12-13,15-16,24-25,29,32-33H,11,14H2,1H3,(H,30,34)(H,36,37)/t24-,25-/m0/s1. The van der Waals surface area contributed by atoms with Gasteiger partial charge in [0.1, 0.15) is 23.6 Å². The fraction of sp³-hybridized carbons (Fsp3) is 0.179. The van der Waals surface area contributed by atoms with Gasteiger partial charge in [-0.3, -0.25) is 9.59 Å². The monoisotopic (exact) mass is 501 g/mol. The minimum absolute atomic E-state index is 0.0144. The molecule has 0 saturated heterocycles. The number of para-hydroxylation sites is 1. The maximum absolute atomic E-state index is 13.5. The van der Waals surface area contributed by atoms with Crippen LogP contribution in [0, 0.1) is 0 Å². The number of fused-ring (bicyclic) bond motifs is 1. The van der Waals surface area contributed by atoms with E-state index in [-0.39, 0.29) is 29.9 Å². The Labute approximate surface area is 213 Å². The molecular formula is C28H27N3O6. The fourth-order valence-electron chi connectivity index (χ4n) is 4.30. The number of aromatic nitrogens is 1. The molecule has 4 rings (SSSR count). The number of amides is 2. The number of H-pyrrole nitrogens is 1. The van der Waals surface area contributed by atoms with Crippen LogP contribution in [-0.2, 0) is 22.4 Å². The highest BCUT2D eigenvalue weighted by molar-refractivity contribution is 5.98. The Kier molecular flexibility index (Phi) is 7.43. The molecule has 0 radical (unpaired) electrons. The van der Waals surface area contributed by atoms with Crippen molar-refractivity contribution in [2.24, 2.45) is 0 Å². The van der Waals surface area contributed by atoms with Crippen LogP contribution in [0.5, 0.6) is 11.5 Å². The lowest BCUT2D eigenvalue weighted by molar-refractivity contribution is -0.142. The minimum Gasteiger partial charge on any atom is -0.508 e. The summed E-state index contributed by atoms with van der Waals surface area (Å²) in [6.45, 7) is 0. The van der Waals surface area contributed by atoms with E-state index in [2.05, 4.69) is 10.3 Å². The Bertz CT molecular complexity index is 1410. The van der Waals surface area contributed by atoms with Crippen molar-refractivity contribution in [2.75, 3.05) is 7.05 Å². The molecule has 2 atom stereocenters. The van der Waals surface area contributed by atoms with E-state index in [1.165, 1.54) is 24.1 Å². The number of carboxylic acid groups (broad SMARTS) is 1. The number of benzene rings is 3. The van der Waals surface area contributed by atoms with Crippen LogP contribution < -0.4 is 5.32 Å². The first-order chi connectivity index (χ1) is 17.7. The first-order valence-corrected chi connectivity index (χ1v) is 11.6. The quantitative estimate of drug-likeness (QED) is 0.239. The number of hydrogen-bond acceptors (Lipinski definition) is 5. The molecule has 5 N–H and O–H groups in total. The third-order valence-corrected chi connectivity index (χ3v) is 6.23. The molecule has 0 aliphatic heterocycles. The molecule has 0 aliphatic carbocycles. The summed E-state index contributed by atoms with van der Waals surface area (Å²) < 4.78 is 0. The van der Waals surface area contributed by atoms with Crippen molar-refractivity contribution in [1.29, 1.82) is 0 Å². The molecule has 37 heavy (non-hydrogen) atoms. The van der Waals surface area contributed by atoms with Crippen molar-refractivity contribution >= 4 is 28.7 Å². The number of aromatic hydroxyl groups is 2. The van der Waals surface area contributed by atoms with Crippen LogP contribution in [0.1, 0.15) is 21.5 Å². The number of carboxylic acids is 1. The fourth-order valence-corrected chi connectivity index (χ4v) is 4.30. The third-order valence-electron chi connectivity index (χ3n) is 6.23. The molecule has 0 unspecified atom stereocenters. The number of likely N-dealkylation sites (N-methyl/N-ethyl adjacent to an activating group) is 1. The molecule has 190 valence electrons. The number of aliphatic carboxylic acids is 1. The van der Waals surface area contributed by atoms with Gasteiger partial charge < -0.3 is 30.5 Å². The van der Waals surface area contributed by atoms with Gasteiger partial charge in [0.05, 0.1) is 0 Å². The van der Waals surface area contributed by atoms with Gasteiger partial charge in [0.15, 0.2) is 0 Å². The summed E-state index contributed by atoms with van der Waals surface area (Å²) in [6.07, 6.45) is 1.89. The highest BCUT2D eigenvalue weighted by Crippen LogP contribution is 2.23. The Morgan fingerprint density at radius 2 is 1.57 bits per heavy atom. The smallest absolute Gasteiger partial charge is 0.326 e. The second-order valence-electron chi connectivity index (χ2n) is 8.82. The van der Waals surface area contributed by atoms with E-state index in [1.54, 1.807) is 30.5 Å². The van der Waals surface area contributed by atoms with E-state index >= 15 is 0 Å². The average molecular weight is 502 g/mol. The van der Waals surface area contributed by atoms with Crippen molar-refractivity contribution in [2.45, 2.75) is 24.9 Å². The summed E-state index contributed by atoms with van der Waals surface area (Å²) in [6, 6.07) is 17.7. The van der Waals surface area contributed by atoms with Crippen molar-refractivity contribution in [3.05, 3.63) is 95.7 Å². The van der Waals surface area contributed by atoms with Crippen LogP contribution in [0.25, 0.3) is 10.9 Å². The SMILES string of the molecule is CN(C(=O)c1cc(O)cc(O)c1)[C@@H](Cc1ccccc1)C(=O)N[C@@H](Cc1c[nH]c2ccccc12)C(=O)O. The number of nitrogens with one attached hydrogen (secondary N) is 2. The van der Waals surface area contributed by atoms with Gasteiger partial charge in [-0.25, -0.2) is 4.79 Å². The second-order valence-corrected chi connectivity index (χ2v) is 8.82. The molecule has 0 spiro atoms. The number of carbonyl (C=O) groups is 3. The summed E-state index contributed by atoms with van der Waals surface area (Å²) in [7, 11) is 1.42. The van der Waals surface area contributed by atoms with Gasteiger partial charge >= 0.3 is 5.97 Å². The van der Waals surface area contributed by atoms with Crippen LogP contribution in [0.15, 0.2) is 79.0 Å². The topological polar surface area (TPSA) is 143 Å². The summed E-state index contributed by atoms with van der Waals surface area (Å²) in [5, 5.41) is 33.0. The highest BCUT2D eigenvalue weighted by atomic mass is 16.4. The molecular weight excluding hydrogens is 474 g/mol. The molecule has 1 aromatic heterocycles. The summed E-state index contributed by atoms with van der Waals surface area (Å²) >= 11 is 0. The second kappa shape index (κ2) is 10.9. The minimum atomic E-state index is -1.24. The van der Waals surface area contributed by atoms with Crippen LogP contribution in [0.4, 0.5) is 0 Å². The van der Waals surface area contributed by atoms with Crippen molar-refractivity contribution in [3.63, 3.8) is 0 Å². The molecule has 0 bridgehead atoms. The van der Waals surface area contributed by atoms with E-state index < -0.39 is 29.9 Å². The van der Waals surface area contributed by atoms with Crippen LogP contribution in [-0.4, -0.2) is 62.1 Å². The zero-order chi connectivity index (χ0) is 26.5. The van der Waals surface area contributed by atoms with Crippen LogP contribution in [0.3, 0.4) is 0 Å². The Hall–Kier alpha value is -4.79. The van der Waals surface area contributed by atoms with Gasteiger partial charge in [0.25, 0.3) is 5.91 Å². The Morgan fingerprint density at radius 1 is 0.919 bits per heavy atom. The van der Waals surface area contributed by atoms with E-state index in [4.69, 9.17) is 0 Å². The predicted molar refractivity (Wildman–Crippen MR) is 137 cm³/mol. The van der Waals surface area contributed by atoms with E-state index in [1.807, 2.05) is 30.3 Å². The molecule has 0 fully saturated rings. The van der Waals surface area contributed by atoms with Gasteiger partial charge in [-0.1, -0.05) is 48.5 Å². The molecule has 1 heterocycles. The lowest BCUT2D eigenvalue weighted by atomic mass is 10.0. The van der Waals surface area contributed by atoms with Gasteiger partial charge in [-0.15, -0.1) is 0 Å². The van der Waals surface area contributed by atoms with Crippen LogP contribution >= 0.6 is 0 Å². The van der Waals surface area contributed by atoms with Gasteiger partial charge in [0.2, 0.25) is 5.91 Å². The zero-order valence-corrected chi connectivity index (χ0v) is 20.1. The first-order valence-electron chi connectivity index (χ1n) is 11.6. The maximum atomic E-state index is 13.5. The summed E-state index contributed by atoms with van der Waals surface area (Å²) in [4.78, 5) is 43.1. The van der Waals surface area contributed by atoms with E-state index in [0.29, 0.717) is 0 Å². The molecule has 2 amide bonds. The number of phenols is 2. The number of rotatable bonds is 9. The molecule has 0 aliphatic rings. The zero-order valence-electron chi connectivity index (χ0n) is 20.1. The van der Waals surface area contributed by atoms with Crippen molar-refractivity contribution in [1.82, 2.24) is 15.2 Å². The summed E-state index contributed by atoms with van der Waals surface area (Å²) in [5.41, 5.74) is 2.35. The number of phenolic OH excluding ortho intramolecular Hbond substituents is 2. The van der Waals surface area contributed by atoms with Gasteiger partial charge in [-0.2, -0.15) is 0 Å². The molecule has 0 saturated carbocycles. The molecule has 9 heteroatoms. The number of carbonyl (C=O) groups excluding carboxylic acids is 2. The number of aromatic amines is 1. The average Bonchev–Trinajstić information content (AvgIpc) is 3.28. The number of nitrogens with zero attached hydrogens (tertiary/aromatic N) is 1. The van der Waals surface area contributed by atoms with Crippen LogP contribution in [0.2, 0.25) is 0 Å². The molecule has 3 aromatic carbocycles. The Morgan fingerprint density at radius 3 is 2.24 bits per heavy atom. The van der Waals surface area contributed by atoms with Gasteiger partial charge in [-0.05, 0) is 29.3 Å². The van der Waals surface area contributed by atoms with Gasteiger partial charge in [0, 0.05) is 48.6 Å². The largest absolute Gasteiger partial charge is 0.508 e. The lowest BCUT2D eigenvalue weighted by Gasteiger charge is -2.29. The van der Waals surface area contributed by atoms with Crippen molar-refractivity contribution < 1.29 is 29.7 Å². The first kappa shape index (κ1) is 25.3. The number of hydrogen-bond donors (Lipinski definition) is 5.